The molecule has 0 bridgehead atoms. The van der Waals surface area contributed by atoms with E-state index in [-0.39, 0.29) is 5.54 Å². The largest absolute Gasteiger partial charge is 0.497 e. The van der Waals surface area contributed by atoms with Crippen molar-refractivity contribution in [1.29, 1.82) is 0 Å². The summed E-state index contributed by atoms with van der Waals surface area (Å²) in [5, 5.41) is 0. The molecular formula is C15H21ClN2O. The third-order valence-electron chi connectivity index (χ3n) is 3.72. The SMILES string of the molecule is CCC(C)(C)n1c(CCCl)nc2ccc(OC)cc21. The first kappa shape index (κ1) is 14.2. The van der Waals surface area contributed by atoms with E-state index >= 15 is 0 Å². The van der Waals surface area contributed by atoms with Crippen molar-refractivity contribution in [2.45, 2.75) is 39.2 Å². The number of nitrogens with zero attached hydrogens (tertiary/aromatic N) is 2. The smallest absolute Gasteiger partial charge is 0.121 e. The molecule has 1 heterocycles. The van der Waals surface area contributed by atoms with Gasteiger partial charge < -0.3 is 9.30 Å². The summed E-state index contributed by atoms with van der Waals surface area (Å²) in [6.45, 7) is 6.65. The molecule has 19 heavy (non-hydrogen) atoms. The van der Waals surface area contributed by atoms with E-state index in [0.717, 1.165) is 35.4 Å². The van der Waals surface area contributed by atoms with Crippen molar-refractivity contribution >= 4 is 22.6 Å². The number of benzene rings is 1. The molecule has 0 aliphatic rings. The van der Waals surface area contributed by atoms with Crippen LogP contribution in [-0.4, -0.2) is 22.5 Å². The zero-order valence-electron chi connectivity index (χ0n) is 12.0. The van der Waals surface area contributed by atoms with Crippen LogP contribution in [0.3, 0.4) is 0 Å². The Morgan fingerprint density at radius 3 is 2.68 bits per heavy atom. The Morgan fingerprint density at radius 1 is 1.37 bits per heavy atom. The molecule has 0 aliphatic carbocycles. The molecule has 1 aromatic heterocycles. The molecule has 2 aromatic rings. The highest BCUT2D eigenvalue weighted by molar-refractivity contribution is 6.17. The molecule has 0 amide bonds. The number of fused-ring (bicyclic) bond motifs is 1. The number of rotatable bonds is 5. The summed E-state index contributed by atoms with van der Waals surface area (Å²) in [6.07, 6.45) is 1.81. The molecule has 1 aromatic carbocycles. The first-order valence-electron chi connectivity index (χ1n) is 6.65. The van der Waals surface area contributed by atoms with E-state index in [1.54, 1.807) is 7.11 Å². The zero-order valence-corrected chi connectivity index (χ0v) is 12.8. The van der Waals surface area contributed by atoms with Crippen LogP contribution in [-0.2, 0) is 12.0 Å². The molecule has 0 aliphatic heterocycles. The van der Waals surface area contributed by atoms with E-state index in [9.17, 15) is 0 Å². The number of alkyl halides is 1. The van der Waals surface area contributed by atoms with Gasteiger partial charge in [-0.05, 0) is 32.4 Å². The van der Waals surface area contributed by atoms with Gasteiger partial charge in [0.1, 0.15) is 11.6 Å². The molecule has 4 heteroatoms. The Hall–Kier alpha value is -1.22. The highest BCUT2D eigenvalue weighted by Crippen LogP contribution is 2.30. The van der Waals surface area contributed by atoms with Crippen LogP contribution in [0.1, 0.15) is 33.0 Å². The maximum atomic E-state index is 5.91. The van der Waals surface area contributed by atoms with E-state index < -0.39 is 0 Å². The topological polar surface area (TPSA) is 27.1 Å². The van der Waals surface area contributed by atoms with Crippen LogP contribution in [0.15, 0.2) is 18.2 Å². The summed E-state index contributed by atoms with van der Waals surface area (Å²) in [5.74, 6) is 2.49. The van der Waals surface area contributed by atoms with Gasteiger partial charge in [-0.3, -0.25) is 0 Å². The zero-order chi connectivity index (χ0) is 14.0. The molecular weight excluding hydrogens is 260 g/mol. The standard InChI is InChI=1S/C15H21ClN2O/c1-5-15(2,3)18-13-10-11(19-4)6-7-12(13)17-14(18)8-9-16/h6-7,10H,5,8-9H2,1-4H3. The second-order valence-corrected chi connectivity index (χ2v) is 5.70. The van der Waals surface area contributed by atoms with Crippen molar-refractivity contribution in [3.8, 4) is 5.75 Å². The van der Waals surface area contributed by atoms with Crippen molar-refractivity contribution in [1.82, 2.24) is 9.55 Å². The van der Waals surface area contributed by atoms with E-state index in [2.05, 4.69) is 31.4 Å². The summed E-state index contributed by atoms with van der Waals surface area (Å²) >= 11 is 5.91. The summed E-state index contributed by atoms with van der Waals surface area (Å²) < 4.78 is 7.62. The van der Waals surface area contributed by atoms with Gasteiger partial charge in [-0.25, -0.2) is 4.98 Å². The lowest BCUT2D eigenvalue weighted by Crippen LogP contribution is -2.27. The number of ether oxygens (including phenoxy) is 1. The fourth-order valence-electron chi connectivity index (χ4n) is 2.32. The molecule has 0 radical (unpaired) electrons. The number of hydrogen-bond acceptors (Lipinski definition) is 2. The quantitative estimate of drug-likeness (QED) is 0.775. The summed E-state index contributed by atoms with van der Waals surface area (Å²) in [5.41, 5.74) is 2.14. The van der Waals surface area contributed by atoms with Crippen LogP contribution >= 0.6 is 11.6 Å². The lowest BCUT2D eigenvalue weighted by molar-refractivity contribution is 0.341. The monoisotopic (exact) mass is 280 g/mol. The summed E-state index contributed by atoms with van der Waals surface area (Å²) in [7, 11) is 1.69. The maximum Gasteiger partial charge on any atom is 0.121 e. The molecule has 2 rings (SSSR count). The predicted octanol–water partition coefficient (Wildman–Crippen LogP) is 3.97. The van der Waals surface area contributed by atoms with Gasteiger partial charge in [-0.15, -0.1) is 11.6 Å². The first-order valence-corrected chi connectivity index (χ1v) is 7.18. The average Bonchev–Trinajstić information content (AvgIpc) is 2.76. The Morgan fingerprint density at radius 2 is 2.11 bits per heavy atom. The van der Waals surface area contributed by atoms with Gasteiger partial charge in [0, 0.05) is 23.9 Å². The van der Waals surface area contributed by atoms with Crippen LogP contribution in [0.4, 0.5) is 0 Å². The number of halogens is 1. The van der Waals surface area contributed by atoms with Crippen LogP contribution in [0.5, 0.6) is 5.75 Å². The molecule has 0 saturated heterocycles. The van der Waals surface area contributed by atoms with Gasteiger partial charge >= 0.3 is 0 Å². The van der Waals surface area contributed by atoms with Crippen molar-refractivity contribution in [3.05, 3.63) is 24.0 Å². The van der Waals surface area contributed by atoms with Crippen LogP contribution in [0.2, 0.25) is 0 Å². The van der Waals surface area contributed by atoms with Gasteiger partial charge in [0.25, 0.3) is 0 Å². The minimum atomic E-state index is 0.0164. The Kier molecular flexibility index (Phi) is 4.04. The predicted molar refractivity (Wildman–Crippen MR) is 80.3 cm³/mol. The second-order valence-electron chi connectivity index (χ2n) is 5.32. The number of aryl methyl sites for hydroxylation is 1. The molecule has 0 atom stereocenters. The van der Waals surface area contributed by atoms with E-state index in [0.29, 0.717) is 5.88 Å². The molecule has 0 spiro atoms. The highest BCUT2D eigenvalue weighted by Gasteiger charge is 2.24. The van der Waals surface area contributed by atoms with Gasteiger partial charge in [-0.2, -0.15) is 0 Å². The third kappa shape index (κ3) is 2.57. The van der Waals surface area contributed by atoms with E-state index in [4.69, 9.17) is 21.3 Å². The number of hydrogen-bond donors (Lipinski definition) is 0. The Balaban J connectivity index is 2.70. The third-order valence-corrected chi connectivity index (χ3v) is 3.91. The Bertz CT molecular complexity index is 575. The van der Waals surface area contributed by atoms with Gasteiger partial charge in [0.2, 0.25) is 0 Å². The molecule has 104 valence electrons. The summed E-state index contributed by atoms with van der Waals surface area (Å²) in [6, 6.07) is 6.01. The van der Waals surface area contributed by atoms with Crippen LogP contribution < -0.4 is 4.74 Å². The number of methoxy groups -OCH3 is 1. The van der Waals surface area contributed by atoms with Crippen molar-refractivity contribution in [2.24, 2.45) is 0 Å². The molecule has 0 fully saturated rings. The fourth-order valence-corrected chi connectivity index (χ4v) is 2.49. The minimum absolute atomic E-state index is 0.0164. The lowest BCUT2D eigenvalue weighted by Gasteiger charge is -2.28. The van der Waals surface area contributed by atoms with Crippen LogP contribution in [0, 0.1) is 0 Å². The number of aromatic nitrogens is 2. The van der Waals surface area contributed by atoms with E-state index in [1.165, 1.54) is 0 Å². The average molecular weight is 281 g/mol. The minimum Gasteiger partial charge on any atom is -0.497 e. The molecule has 0 saturated carbocycles. The van der Waals surface area contributed by atoms with Gasteiger partial charge in [0.15, 0.2) is 0 Å². The van der Waals surface area contributed by atoms with Crippen molar-refractivity contribution < 1.29 is 4.74 Å². The second kappa shape index (κ2) is 5.41. The van der Waals surface area contributed by atoms with Crippen molar-refractivity contribution in [3.63, 3.8) is 0 Å². The molecule has 0 unspecified atom stereocenters. The Labute approximate surface area is 119 Å². The highest BCUT2D eigenvalue weighted by atomic mass is 35.5. The molecule has 3 nitrogen and oxygen atoms in total. The van der Waals surface area contributed by atoms with Gasteiger partial charge in [-0.1, -0.05) is 6.92 Å². The van der Waals surface area contributed by atoms with Crippen molar-refractivity contribution in [2.75, 3.05) is 13.0 Å². The van der Waals surface area contributed by atoms with Gasteiger partial charge in [0.05, 0.1) is 18.1 Å². The number of imidazole rings is 1. The normalized spacial score (nSPS) is 12.1. The lowest BCUT2D eigenvalue weighted by atomic mass is 10.0. The van der Waals surface area contributed by atoms with Crippen LogP contribution in [0.25, 0.3) is 11.0 Å². The first-order chi connectivity index (χ1) is 9.03. The van der Waals surface area contributed by atoms with E-state index in [1.807, 2.05) is 12.1 Å². The maximum absolute atomic E-state index is 5.91. The summed E-state index contributed by atoms with van der Waals surface area (Å²) in [4.78, 5) is 4.72. The fraction of sp³-hybridized carbons (Fsp3) is 0.533. The molecule has 0 N–H and O–H groups in total.